The molecule has 0 aliphatic rings. The summed E-state index contributed by atoms with van der Waals surface area (Å²) in [6.07, 6.45) is 3.82. The molecule has 0 saturated carbocycles. The zero-order valence-electron chi connectivity index (χ0n) is 57.3. The summed E-state index contributed by atoms with van der Waals surface area (Å²) >= 11 is 0. The highest BCUT2D eigenvalue weighted by molar-refractivity contribution is 6.17. The van der Waals surface area contributed by atoms with E-state index in [2.05, 4.69) is 340 Å². The lowest BCUT2D eigenvalue weighted by atomic mass is 9.93. The van der Waals surface area contributed by atoms with Crippen LogP contribution in [0, 0.1) is 0 Å². The van der Waals surface area contributed by atoms with E-state index in [0.717, 1.165) is 99.8 Å². The minimum atomic E-state index is 0.620. The van der Waals surface area contributed by atoms with E-state index in [0.29, 0.717) is 23.3 Å². The van der Waals surface area contributed by atoms with Gasteiger partial charge in [-0.2, -0.15) is 0 Å². The van der Waals surface area contributed by atoms with Gasteiger partial charge in [-0.3, -0.25) is 9.97 Å². The molecule has 0 aliphatic carbocycles. The monoisotopic (exact) mass is 1350 g/mol. The Morgan fingerprint density at radius 2 is 0.500 bits per heavy atom. The van der Waals surface area contributed by atoms with Gasteiger partial charge in [0.1, 0.15) is 0 Å². The fourth-order valence-electron chi connectivity index (χ4n) is 15.6. The highest BCUT2D eigenvalue weighted by Gasteiger charge is 2.21. The molecule has 7 nitrogen and oxygen atoms in total. The zero-order chi connectivity index (χ0) is 70.0. The fraction of sp³-hybridized carbons (Fsp3) is 0. The Bertz CT molecular complexity index is 6930. The predicted octanol–water partition coefficient (Wildman–Crippen LogP) is 25.7. The lowest BCUT2D eigenvalue weighted by Gasteiger charge is -2.15. The van der Waals surface area contributed by atoms with Crippen molar-refractivity contribution in [3.8, 4) is 102 Å². The summed E-state index contributed by atoms with van der Waals surface area (Å²) in [6.45, 7) is 0. The standard InChI is InChI=1S/C52H32N4.C47H29N3/c1-4-14-41-37(11-1)30-47(45-18-8-6-16-43(41)45)34-23-27-36(28-24-34)51-54-50(35-25-21-33(22-26-35)40-29-39-13-3-10-20-49(39)53-32-40)55-52(56-51)48-31-38-12-2-5-15-42(38)44-17-7-9-19-46(44)48;1-6-16-37-30(11-1)25-26-48-46(37)31-21-23-32(24-22-31)47-49-44(42-27-33-12-2-4-14-35(33)38-17-7-9-19-40(38)42)29-45(50-47)43-28-34-13-3-5-15-36(34)39-18-8-10-20-41(39)43/h1-32H;1-29H. The van der Waals surface area contributed by atoms with Crippen molar-refractivity contribution in [1.82, 2.24) is 34.9 Å². The third-order valence-corrected chi connectivity index (χ3v) is 20.8. The van der Waals surface area contributed by atoms with Crippen molar-refractivity contribution in [2.75, 3.05) is 0 Å². The molecule has 4 heterocycles. The van der Waals surface area contributed by atoms with Crippen molar-refractivity contribution in [2.24, 2.45) is 0 Å². The largest absolute Gasteiger partial charge is 0.256 e. The molecule has 106 heavy (non-hydrogen) atoms. The van der Waals surface area contributed by atoms with Crippen molar-refractivity contribution in [1.29, 1.82) is 0 Å². The van der Waals surface area contributed by atoms with E-state index in [1.165, 1.54) is 86.4 Å². The van der Waals surface area contributed by atoms with Gasteiger partial charge >= 0.3 is 0 Å². The number of rotatable bonds is 9. The van der Waals surface area contributed by atoms with Crippen LogP contribution in [0.15, 0.2) is 370 Å². The molecular formula is C99H61N7. The Morgan fingerprint density at radius 3 is 0.981 bits per heavy atom. The first-order valence-corrected chi connectivity index (χ1v) is 35.8. The van der Waals surface area contributed by atoms with Gasteiger partial charge in [-0.25, -0.2) is 24.9 Å². The van der Waals surface area contributed by atoms with E-state index in [4.69, 9.17) is 34.9 Å². The van der Waals surface area contributed by atoms with Gasteiger partial charge in [0.05, 0.1) is 22.6 Å². The average molecular weight is 1350 g/mol. The van der Waals surface area contributed by atoms with E-state index in [1.807, 2.05) is 30.6 Å². The van der Waals surface area contributed by atoms with Crippen LogP contribution in [0.2, 0.25) is 0 Å². The molecule has 7 heteroatoms. The van der Waals surface area contributed by atoms with Gasteiger partial charge in [0.25, 0.3) is 0 Å². The first-order chi connectivity index (χ1) is 52.5. The summed E-state index contributed by atoms with van der Waals surface area (Å²) in [5.41, 5.74) is 15.2. The van der Waals surface area contributed by atoms with Gasteiger partial charge in [-0.1, -0.05) is 309 Å². The van der Waals surface area contributed by atoms with Crippen molar-refractivity contribution in [3.05, 3.63) is 370 Å². The molecule has 0 N–H and O–H groups in total. The molecule has 0 atom stereocenters. The van der Waals surface area contributed by atoms with Crippen LogP contribution in [0.4, 0.5) is 0 Å². The number of para-hydroxylation sites is 1. The maximum absolute atomic E-state index is 5.32. The summed E-state index contributed by atoms with van der Waals surface area (Å²) in [6, 6.07) is 126. The van der Waals surface area contributed by atoms with Crippen molar-refractivity contribution < 1.29 is 0 Å². The van der Waals surface area contributed by atoms with E-state index < -0.39 is 0 Å². The molecule has 0 radical (unpaired) electrons. The number of benzene rings is 17. The molecule has 0 unspecified atom stereocenters. The third-order valence-electron chi connectivity index (χ3n) is 20.8. The van der Waals surface area contributed by atoms with Gasteiger partial charge in [-0.15, -0.1) is 0 Å². The molecular weight excluding hydrogens is 1290 g/mol. The van der Waals surface area contributed by atoms with E-state index in [1.54, 1.807) is 0 Å². The summed E-state index contributed by atoms with van der Waals surface area (Å²) in [4.78, 5) is 35.7. The van der Waals surface area contributed by atoms with Crippen LogP contribution in [0.3, 0.4) is 0 Å². The van der Waals surface area contributed by atoms with Crippen LogP contribution in [0.25, 0.3) is 209 Å². The lowest BCUT2D eigenvalue weighted by molar-refractivity contribution is 1.08. The lowest BCUT2D eigenvalue weighted by Crippen LogP contribution is -2.01. The zero-order valence-corrected chi connectivity index (χ0v) is 57.3. The van der Waals surface area contributed by atoms with Gasteiger partial charge in [0, 0.05) is 67.7 Å². The van der Waals surface area contributed by atoms with E-state index >= 15 is 0 Å². The SMILES string of the molecule is c1ccc2c(-c3ccc(-c4nc(-c5cc6ccccc6c6ccccc56)cc(-c5cc6ccccc6c6ccccc56)n4)cc3)nccc2c1.c1ccc2ncc(-c3ccc(-c4nc(-c5ccc(-c6cc7ccccc7c7ccccc67)cc5)nc(-c5cc6ccccc6c6ccccc56)n4)cc3)cc2c1. The fourth-order valence-corrected chi connectivity index (χ4v) is 15.6. The highest BCUT2D eigenvalue weighted by atomic mass is 15.0. The molecule has 4 aromatic heterocycles. The van der Waals surface area contributed by atoms with Crippen LogP contribution in [0.1, 0.15) is 0 Å². The first kappa shape index (κ1) is 61.6. The molecule has 0 saturated heterocycles. The van der Waals surface area contributed by atoms with E-state index in [-0.39, 0.29) is 0 Å². The number of fused-ring (bicyclic) bond motifs is 14. The van der Waals surface area contributed by atoms with Crippen molar-refractivity contribution in [3.63, 3.8) is 0 Å². The molecule has 0 bridgehead atoms. The molecule has 21 rings (SSSR count). The minimum Gasteiger partial charge on any atom is -0.256 e. The second-order valence-corrected chi connectivity index (χ2v) is 27.1. The van der Waals surface area contributed by atoms with Gasteiger partial charge in [-0.05, 0) is 157 Å². The van der Waals surface area contributed by atoms with Crippen LogP contribution >= 0.6 is 0 Å². The molecule has 0 amide bonds. The number of nitrogens with zero attached hydrogens (tertiary/aromatic N) is 7. The number of hydrogen-bond donors (Lipinski definition) is 0. The van der Waals surface area contributed by atoms with Crippen LogP contribution in [-0.2, 0) is 0 Å². The van der Waals surface area contributed by atoms with Crippen molar-refractivity contribution >= 4 is 108 Å². The predicted molar refractivity (Wildman–Crippen MR) is 441 cm³/mol. The van der Waals surface area contributed by atoms with Gasteiger partial charge in [0.15, 0.2) is 23.3 Å². The molecule has 21 aromatic rings. The van der Waals surface area contributed by atoms with Gasteiger partial charge < -0.3 is 0 Å². The van der Waals surface area contributed by atoms with Crippen LogP contribution < -0.4 is 0 Å². The number of aromatic nitrogens is 7. The number of pyridine rings is 2. The van der Waals surface area contributed by atoms with E-state index in [9.17, 15) is 0 Å². The average Bonchev–Trinajstić information content (AvgIpc) is 0.753. The topological polar surface area (TPSA) is 90.2 Å². The second-order valence-electron chi connectivity index (χ2n) is 27.1. The normalized spacial score (nSPS) is 11.6. The molecule has 0 spiro atoms. The highest BCUT2D eigenvalue weighted by Crippen LogP contribution is 2.43. The van der Waals surface area contributed by atoms with Crippen molar-refractivity contribution in [2.45, 2.75) is 0 Å². The summed E-state index contributed by atoms with van der Waals surface area (Å²) < 4.78 is 0. The quantitative estimate of drug-likeness (QED) is 0.133. The number of hydrogen-bond acceptors (Lipinski definition) is 7. The Balaban J connectivity index is 0.000000141. The Labute approximate surface area is 610 Å². The van der Waals surface area contributed by atoms with Gasteiger partial charge in [0.2, 0.25) is 0 Å². The Kier molecular flexibility index (Phi) is 15.1. The smallest absolute Gasteiger partial charge is 0.164 e. The summed E-state index contributed by atoms with van der Waals surface area (Å²) in [5.74, 6) is 2.57. The molecule has 0 fully saturated rings. The molecule has 0 aliphatic heterocycles. The van der Waals surface area contributed by atoms with Crippen LogP contribution in [-0.4, -0.2) is 34.9 Å². The molecule has 492 valence electrons. The Hall–Kier alpha value is -14.3. The third kappa shape index (κ3) is 11.1. The maximum atomic E-state index is 5.32. The van der Waals surface area contributed by atoms with Crippen LogP contribution in [0.5, 0.6) is 0 Å². The Morgan fingerprint density at radius 1 is 0.170 bits per heavy atom. The minimum absolute atomic E-state index is 0.620. The summed E-state index contributed by atoms with van der Waals surface area (Å²) in [5, 5.41) is 22.6. The summed E-state index contributed by atoms with van der Waals surface area (Å²) in [7, 11) is 0. The maximum Gasteiger partial charge on any atom is 0.164 e. The first-order valence-electron chi connectivity index (χ1n) is 35.8. The molecule has 17 aromatic carbocycles. The second kappa shape index (κ2) is 26.0.